The largest absolute Gasteiger partial charge is 0.362 e. The van der Waals surface area contributed by atoms with Gasteiger partial charge in [0, 0.05) is 34.7 Å². The fraction of sp³-hybridized carbons (Fsp3) is 0.545. The number of aromatic nitrogens is 1. The Balaban J connectivity index is 1.56. The van der Waals surface area contributed by atoms with Crippen molar-refractivity contribution >= 4 is 22.7 Å². The predicted molar refractivity (Wildman–Crippen MR) is 108 cm³/mol. The lowest BCUT2D eigenvalue weighted by Gasteiger charge is -2.39. The number of benzene rings is 1. The number of hydrogen-bond acceptors (Lipinski definition) is 3. The summed E-state index contributed by atoms with van der Waals surface area (Å²) >= 11 is 0. The van der Waals surface area contributed by atoms with E-state index in [0.29, 0.717) is 18.7 Å². The number of fused-ring (bicyclic) bond motifs is 1. The molecule has 2 aromatic rings. The van der Waals surface area contributed by atoms with Crippen molar-refractivity contribution in [1.82, 2.24) is 15.2 Å². The Hall–Kier alpha value is -2.34. The van der Waals surface area contributed by atoms with Gasteiger partial charge in [-0.1, -0.05) is 18.9 Å². The zero-order chi connectivity index (χ0) is 19.9. The molecule has 28 heavy (non-hydrogen) atoms. The topological polar surface area (TPSA) is 74.4 Å². The van der Waals surface area contributed by atoms with Crippen molar-refractivity contribution < 1.29 is 14.3 Å². The monoisotopic (exact) mass is 383 g/mol. The zero-order valence-corrected chi connectivity index (χ0v) is 16.9. The molecule has 1 saturated carbocycles. The van der Waals surface area contributed by atoms with Gasteiger partial charge in [-0.05, 0) is 51.3 Å². The van der Waals surface area contributed by atoms with Crippen molar-refractivity contribution in [3.05, 3.63) is 35.0 Å². The van der Waals surface area contributed by atoms with Gasteiger partial charge in [0.15, 0.2) is 5.60 Å². The van der Waals surface area contributed by atoms with Crippen molar-refractivity contribution in [2.45, 2.75) is 58.1 Å². The number of ether oxygens (including phenoxy) is 1. The minimum Gasteiger partial charge on any atom is -0.362 e. The highest BCUT2D eigenvalue weighted by molar-refractivity contribution is 6.08. The molecule has 1 aromatic carbocycles. The highest BCUT2D eigenvalue weighted by Gasteiger charge is 2.42. The molecule has 1 saturated heterocycles. The summed E-state index contributed by atoms with van der Waals surface area (Å²) in [6.45, 7) is 6.96. The standard InChI is InChI=1S/C22H29N3O3/c1-14-15(2)23-18-10-6-9-17(19(14)18)20(26)25-11-12-28-22(3,13-25)21(27)24-16-7-4-5-8-16/h6,9-10,16,23H,4-5,7-8,11-13H2,1-3H3,(H,24,27)/t22-/m0/s1. The number of aromatic amines is 1. The van der Waals surface area contributed by atoms with Gasteiger partial charge in [-0.2, -0.15) is 0 Å². The number of nitrogens with zero attached hydrogens (tertiary/aromatic N) is 1. The highest BCUT2D eigenvalue weighted by Crippen LogP contribution is 2.28. The van der Waals surface area contributed by atoms with Gasteiger partial charge < -0.3 is 19.9 Å². The lowest BCUT2D eigenvalue weighted by Crippen LogP contribution is -2.60. The molecule has 2 N–H and O–H groups in total. The number of morpholine rings is 1. The Bertz CT molecular complexity index is 913. The highest BCUT2D eigenvalue weighted by atomic mass is 16.5. The summed E-state index contributed by atoms with van der Waals surface area (Å²) in [5, 5.41) is 4.09. The summed E-state index contributed by atoms with van der Waals surface area (Å²) in [6, 6.07) is 6.00. The van der Waals surface area contributed by atoms with Gasteiger partial charge in [0.2, 0.25) is 0 Å². The van der Waals surface area contributed by atoms with Crippen LogP contribution >= 0.6 is 0 Å². The van der Waals surface area contributed by atoms with Gasteiger partial charge in [-0.15, -0.1) is 0 Å². The van der Waals surface area contributed by atoms with Gasteiger partial charge >= 0.3 is 0 Å². The number of carbonyl (C=O) groups excluding carboxylic acids is 2. The molecule has 150 valence electrons. The molecular formula is C22H29N3O3. The van der Waals surface area contributed by atoms with Crippen molar-refractivity contribution in [2.75, 3.05) is 19.7 Å². The summed E-state index contributed by atoms with van der Waals surface area (Å²) in [7, 11) is 0. The van der Waals surface area contributed by atoms with E-state index in [1.165, 1.54) is 0 Å². The van der Waals surface area contributed by atoms with Crippen molar-refractivity contribution in [3.63, 3.8) is 0 Å². The van der Waals surface area contributed by atoms with Crippen molar-refractivity contribution in [1.29, 1.82) is 0 Å². The third-order valence-corrected chi connectivity index (χ3v) is 6.29. The Labute approximate surface area is 165 Å². The Morgan fingerprint density at radius 1 is 1.25 bits per heavy atom. The molecule has 1 atom stereocenters. The van der Waals surface area contributed by atoms with Crippen molar-refractivity contribution in [2.24, 2.45) is 0 Å². The van der Waals surface area contributed by atoms with Gasteiger partial charge in [0.25, 0.3) is 11.8 Å². The quantitative estimate of drug-likeness (QED) is 0.855. The fourth-order valence-corrected chi connectivity index (χ4v) is 4.48. The molecule has 1 aromatic heterocycles. The minimum absolute atomic E-state index is 0.0455. The average Bonchev–Trinajstić information content (AvgIpc) is 3.29. The van der Waals surface area contributed by atoms with E-state index in [1.54, 1.807) is 11.8 Å². The number of H-pyrrole nitrogens is 1. The van der Waals surface area contributed by atoms with Crippen molar-refractivity contribution in [3.8, 4) is 0 Å². The van der Waals surface area contributed by atoms with Gasteiger partial charge in [0.05, 0.1) is 13.2 Å². The lowest BCUT2D eigenvalue weighted by atomic mass is 10.00. The van der Waals surface area contributed by atoms with Gasteiger partial charge in [-0.25, -0.2) is 0 Å². The molecule has 6 heteroatoms. The van der Waals surface area contributed by atoms with E-state index in [-0.39, 0.29) is 24.4 Å². The van der Waals surface area contributed by atoms with Crippen LogP contribution in [0.15, 0.2) is 18.2 Å². The van der Waals surface area contributed by atoms with Crippen LogP contribution in [0.3, 0.4) is 0 Å². The molecule has 0 unspecified atom stereocenters. The van der Waals surface area contributed by atoms with E-state index in [4.69, 9.17) is 4.74 Å². The molecule has 1 aliphatic heterocycles. The first kappa shape index (κ1) is 19.0. The first-order valence-corrected chi connectivity index (χ1v) is 10.2. The fourth-order valence-electron chi connectivity index (χ4n) is 4.48. The molecule has 2 fully saturated rings. The van der Waals surface area contributed by atoms with Crippen LogP contribution in [0.2, 0.25) is 0 Å². The van der Waals surface area contributed by atoms with Crippen LogP contribution in [-0.2, 0) is 9.53 Å². The van der Waals surface area contributed by atoms with Gasteiger partial charge in [0.1, 0.15) is 0 Å². The number of nitrogens with one attached hydrogen (secondary N) is 2. The smallest absolute Gasteiger partial charge is 0.254 e. The van der Waals surface area contributed by atoms with Crippen LogP contribution in [0.1, 0.15) is 54.2 Å². The number of aryl methyl sites for hydroxylation is 2. The van der Waals surface area contributed by atoms with Crippen LogP contribution in [-0.4, -0.2) is 53.0 Å². The normalized spacial score (nSPS) is 23.3. The average molecular weight is 383 g/mol. The SMILES string of the molecule is Cc1[nH]c2cccc(C(=O)N3CCO[C@](C)(C(=O)NC4CCCC4)C3)c2c1C. The molecule has 0 spiro atoms. The maximum absolute atomic E-state index is 13.4. The Morgan fingerprint density at radius 2 is 2.00 bits per heavy atom. The second-order valence-electron chi connectivity index (χ2n) is 8.36. The van der Waals surface area contributed by atoms with Crippen LogP contribution in [0.4, 0.5) is 0 Å². The van der Waals surface area contributed by atoms with E-state index in [9.17, 15) is 9.59 Å². The second kappa shape index (κ2) is 7.24. The third kappa shape index (κ3) is 3.30. The molecule has 2 amide bonds. The van der Waals surface area contributed by atoms with E-state index >= 15 is 0 Å². The molecule has 1 aliphatic carbocycles. The molecule has 4 rings (SSSR count). The van der Waals surface area contributed by atoms with E-state index in [2.05, 4.69) is 10.3 Å². The Morgan fingerprint density at radius 3 is 2.75 bits per heavy atom. The maximum Gasteiger partial charge on any atom is 0.254 e. The number of hydrogen-bond donors (Lipinski definition) is 2. The molecule has 2 heterocycles. The summed E-state index contributed by atoms with van der Waals surface area (Å²) < 4.78 is 5.86. The van der Waals surface area contributed by atoms with Crippen LogP contribution in [0.5, 0.6) is 0 Å². The minimum atomic E-state index is -1.01. The summed E-state index contributed by atoms with van der Waals surface area (Å²) in [4.78, 5) is 31.3. The van der Waals surface area contributed by atoms with E-state index < -0.39 is 5.60 Å². The Kier molecular flexibility index (Phi) is 4.91. The first-order chi connectivity index (χ1) is 13.4. The molecule has 0 bridgehead atoms. The van der Waals surface area contributed by atoms with Gasteiger partial charge in [-0.3, -0.25) is 9.59 Å². The summed E-state index contributed by atoms with van der Waals surface area (Å²) in [5.74, 6) is -0.153. The number of amides is 2. The lowest BCUT2D eigenvalue weighted by molar-refractivity contribution is -0.154. The summed E-state index contributed by atoms with van der Waals surface area (Å²) in [6.07, 6.45) is 4.37. The number of carbonyl (C=O) groups is 2. The number of rotatable bonds is 3. The predicted octanol–water partition coefficient (Wildman–Crippen LogP) is 3.07. The molecule has 6 nitrogen and oxygen atoms in total. The first-order valence-electron chi connectivity index (χ1n) is 10.2. The van der Waals surface area contributed by atoms with Crippen LogP contribution < -0.4 is 5.32 Å². The third-order valence-electron chi connectivity index (χ3n) is 6.29. The molecular weight excluding hydrogens is 354 g/mol. The van der Waals surface area contributed by atoms with Crippen LogP contribution in [0.25, 0.3) is 10.9 Å². The molecule has 2 aliphatic rings. The zero-order valence-electron chi connectivity index (χ0n) is 16.9. The van der Waals surface area contributed by atoms with E-state index in [0.717, 1.165) is 47.8 Å². The maximum atomic E-state index is 13.4. The summed E-state index contributed by atoms with van der Waals surface area (Å²) in [5.41, 5.74) is 2.80. The van der Waals surface area contributed by atoms with E-state index in [1.807, 2.05) is 32.0 Å². The second-order valence-corrected chi connectivity index (χ2v) is 8.36. The molecule has 0 radical (unpaired) electrons. The van der Waals surface area contributed by atoms with Crippen LogP contribution in [0, 0.1) is 13.8 Å².